The van der Waals surface area contributed by atoms with Crippen LogP contribution in [-0.4, -0.2) is 5.11 Å². The number of hydrogen-bond acceptors (Lipinski definition) is 1. The maximum Gasteiger partial charge on any atom is 0.417 e. The number of benzene rings is 1. The van der Waals surface area contributed by atoms with Gasteiger partial charge in [0.05, 0.1) is 11.7 Å². The van der Waals surface area contributed by atoms with Crippen LogP contribution in [-0.2, 0) is 6.18 Å². The fourth-order valence-electron chi connectivity index (χ4n) is 1.97. The molecule has 1 saturated carbocycles. The number of halogens is 4. The van der Waals surface area contributed by atoms with Crippen molar-refractivity contribution in [2.75, 3.05) is 0 Å². The van der Waals surface area contributed by atoms with Crippen LogP contribution in [0.25, 0.3) is 0 Å². The van der Waals surface area contributed by atoms with Gasteiger partial charge >= 0.3 is 6.18 Å². The third-order valence-electron chi connectivity index (χ3n) is 3.23. The maximum absolute atomic E-state index is 12.7. The zero-order chi connectivity index (χ0) is 12.6. The SMILES string of the molecule is OC(c1ccc(Br)c(C(F)(F)F)c1)C1CCC1. The first-order chi connectivity index (χ1) is 7.89. The topological polar surface area (TPSA) is 20.2 Å². The van der Waals surface area contributed by atoms with E-state index in [-0.39, 0.29) is 10.4 Å². The smallest absolute Gasteiger partial charge is 0.388 e. The number of hydrogen-bond donors (Lipinski definition) is 1. The summed E-state index contributed by atoms with van der Waals surface area (Å²) in [6.07, 6.45) is -2.35. The molecule has 1 aromatic rings. The van der Waals surface area contributed by atoms with Crippen molar-refractivity contribution in [3.8, 4) is 0 Å². The predicted molar refractivity (Wildman–Crippen MR) is 61.4 cm³/mol. The van der Waals surface area contributed by atoms with Gasteiger partial charge in [-0.05, 0) is 36.5 Å². The summed E-state index contributed by atoms with van der Waals surface area (Å²) < 4.78 is 38.0. The lowest BCUT2D eigenvalue weighted by molar-refractivity contribution is -0.138. The normalized spacial score (nSPS) is 18.9. The van der Waals surface area contributed by atoms with Crippen LogP contribution in [0.15, 0.2) is 22.7 Å². The van der Waals surface area contributed by atoms with Gasteiger partial charge in [-0.2, -0.15) is 13.2 Å². The molecule has 0 spiro atoms. The number of aliphatic hydroxyl groups is 1. The van der Waals surface area contributed by atoms with E-state index in [0.29, 0.717) is 5.56 Å². The zero-order valence-corrected chi connectivity index (χ0v) is 10.6. The van der Waals surface area contributed by atoms with Crippen LogP contribution in [0.3, 0.4) is 0 Å². The Balaban J connectivity index is 2.30. The second kappa shape index (κ2) is 4.61. The first-order valence-corrected chi connectivity index (χ1v) is 6.23. The van der Waals surface area contributed by atoms with E-state index in [1.165, 1.54) is 6.07 Å². The molecule has 0 aromatic heterocycles. The van der Waals surface area contributed by atoms with Crippen LogP contribution in [0.2, 0.25) is 0 Å². The summed E-state index contributed by atoms with van der Waals surface area (Å²) in [6.45, 7) is 0. The Kier molecular flexibility index (Phi) is 3.50. The van der Waals surface area contributed by atoms with Gasteiger partial charge < -0.3 is 5.11 Å². The average molecular weight is 309 g/mol. The molecule has 1 N–H and O–H groups in total. The molecule has 0 bridgehead atoms. The van der Waals surface area contributed by atoms with Crippen molar-refractivity contribution in [2.45, 2.75) is 31.5 Å². The summed E-state index contributed by atoms with van der Waals surface area (Å²) in [5.74, 6) is 0.109. The Morgan fingerprint density at radius 1 is 1.29 bits per heavy atom. The summed E-state index contributed by atoms with van der Waals surface area (Å²) in [5.41, 5.74) is -0.376. The largest absolute Gasteiger partial charge is 0.417 e. The molecular formula is C12H12BrF3O. The molecule has 5 heteroatoms. The summed E-state index contributed by atoms with van der Waals surface area (Å²) in [5, 5.41) is 9.94. The van der Waals surface area contributed by atoms with E-state index in [2.05, 4.69) is 15.9 Å². The molecule has 0 heterocycles. The molecule has 1 unspecified atom stereocenters. The van der Waals surface area contributed by atoms with Crippen molar-refractivity contribution in [3.05, 3.63) is 33.8 Å². The summed E-state index contributed by atoms with van der Waals surface area (Å²) >= 11 is 2.88. The Morgan fingerprint density at radius 3 is 2.41 bits per heavy atom. The first-order valence-electron chi connectivity index (χ1n) is 5.44. The van der Waals surface area contributed by atoms with E-state index in [1.807, 2.05) is 0 Å². The lowest BCUT2D eigenvalue weighted by Crippen LogP contribution is -2.20. The molecule has 1 nitrogen and oxygen atoms in total. The van der Waals surface area contributed by atoms with E-state index in [9.17, 15) is 18.3 Å². The third kappa shape index (κ3) is 2.65. The third-order valence-corrected chi connectivity index (χ3v) is 3.93. The van der Waals surface area contributed by atoms with Gasteiger partial charge in [-0.3, -0.25) is 0 Å². The van der Waals surface area contributed by atoms with Crippen molar-refractivity contribution in [1.29, 1.82) is 0 Å². The molecule has 0 aliphatic heterocycles. The monoisotopic (exact) mass is 308 g/mol. The van der Waals surface area contributed by atoms with Crippen LogP contribution in [0.1, 0.15) is 36.5 Å². The van der Waals surface area contributed by atoms with Gasteiger partial charge in [0.1, 0.15) is 0 Å². The highest BCUT2D eigenvalue weighted by molar-refractivity contribution is 9.10. The van der Waals surface area contributed by atoms with E-state index in [0.717, 1.165) is 25.3 Å². The quantitative estimate of drug-likeness (QED) is 0.863. The molecule has 94 valence electrons. The first kappa shape index (κ1) is 12.9. The molecule has 0 saturated heterocycles. The van der Waals surface area contributed by atoms with Crippen molar-refractivity contribution in [3.63, 3.8) is 0 Å². The number of alkyl halides is 3. The molecule has 2 rings (SSSR count). The van der Waals surface area contributed by atoms with E-state index in [4.69, 9.17) is 0 Å². The standard InChI is InChI=1S/C12H12BrF3O/c13-10-5-4-8(6-9(10)12(14,15)16)11(17)7-2-1-3-7/h4-7,11,17H,1-3H2. The van der Waals surface area contributed by atoms with E-state index in [1.54, 1.807) is 6.07 Å². The molecule has 1 fully saturated rings. The second-order valence-electron chi connectivity index (χ2n) is 4.37. The molecule has 17 heavy (non-hydrogen) atoms. The minimum atomic E-state index is -4.39. The maximum atomic E-state index is 12.7. The Bertz CT molecular complexity index is 413. The Labute approximate surface area is 106 Å². The molecule has 1 aromatic carbocycles. The second-order valence-corrected chi connectivity index (χ2v) is 5.23. The van der Waals surface area contributed by atoms with Crippen molar-refractivity contribution >= 4 is 15.9 Å². The van der Waals surface area contributed by atoms with Crippen molar-refractivity contribution in [2.24, 2.45) is 5.92 Å². The molecule has 1 atom stereocenters. The Morgan fingerprint density at radius 2 is 1.94 bits per heavy atom. The lowest BCUT2D eigenvalue weighted by Gasteiger charge is -2.30. The number of rotatable bonds is 2. The van der Waals surface area contributed by atoms with Crippen LogP contribution < -0.4 is 0 Å². The van der Waals surface area contributed by atoms with Gasteiger partial charge in [-0.15, -0.1) is 0 Å². The number of aliphatic hydroxyl groups excluding tert-OH is 1. The van der Waals surface area contributed by atoms with Gasteiger partial charge in [0, 0.05) is 4.47 Å². The van der Waals surface area contributed by atoms with Crippen LogP contribution >= 0.6 is 15.9 Å². The van der Waals surface area contributed by atoms with Gasteiger partial charge in [-0.25, -0.2) is 0 Å². The molecule has 1 aliphatic carbocycles. The highest BCUT2D eigenvalue weighted by Gasteiger charge is 2.34. The highest BCUT2D eigenvalue weighted by Crippen LogP contribution is 2.41. The summed E-state index contributed by atoms with van der Waals surface area (Å²) in [4.78, 5) is 0. The molecule has 0 amide bonds. The van der Waals surface area contributed by atoms with Crippen LogP contribution in [0, 0.1) is 5.92 Å². The van der Waals surface area contributed by atoms with Gasteiger partial charge in [-0.1, -0.05) is 28.4 Å². The summed E-state index contributed by atoms with van der Waals surface area (Å²) in [6, 6.07) is 3.93. The highest BCUT2D eigenvalue weighted by atomic mass is 79.9. The van der Waals surface area contributed by atoms with E-state index < -0.39 is 17.8 Å². The molecule has 0 radical (unpaired) electrons. The summed E-state index contributed by atoms with van der Waals surface area (Å²) in [7, 11) is 0. The van der Waals surface area contributed by atoms with Crippen LogP contribution in [0.5, 0.6) is 0 Å². The van der Waals surface area contributed by atoms with Gasteiger partial charge in [0.25, 0.3) is 0 Å². The van der Waals surface area contributed by atoms with Gasteiger partial charge in [0.2, 0.25) is 0 Å². The van der Waals surface area contributed by atoms with Crippen LogP contribution in [0.4, 0.5) is 13.2 Å². The molecular weight excluding hydrogens is 297 g/mol. The van der Waals surface area contributed by atoms with E-state index >= 15 is 0 Å². The minimum absolute atomic E-state index is 0.00885. The van der Waals surface area contributed by atoms with Gasteiger partial charge in [0.15, 0.2) is 0 Å². The fraction of sp³-hybridized carbons (Fsp3) is 0.500. The molecule has 1 aliphatic rings. The lowest BCUT2D eigenvalue weighted by atomic mass is 9.78. The van der Waals surface area contributed by atoms with Crippen molar-refractivity contribution in [1.82, 2.24) is 0 Å². The Hall–Kier alpha value is -0.550. The predicted octanol–water partition coefficient (Wildman–Crippen LogP) is 4.30. The minimum Gasteiger partial charge on any atom is -0.388 e. The average Bonchev–Trinajstić information content (AvgIpc) is 2.13. The zero-order valence-electron chi connectivity index (χ0n) is 8.97. The van der Waals surface area contributed by atoms with Crippen molar-refractivity contribution < 1.29 is 18.3 Å². The fourth-order valence-corrected chi connectivity index (χ4v) is 2.44.